The highest BCUT2D eigenvalue weighted by molar-refractivity contribution is 5.94. The van der Waals surface area contributed by atoms with Crippen LogP contribution in [0.25, 0.3) is 0 Å². The van der Waals surface area contributed by atoms with Crippen LogP contribution in [0.3, 0.4) is 0 Å². The zero-order valence-electron chi connectivity index (χ0n) is 12.2. The molecular weight excluding hydrogens is 260 g/mol. The molecule has 6 nitrogen and oxygen atoms in total. The summed E-state index contributed by atoms with van der Waals surface area (Å²) in [6.07, 6.45) is 0. The zero-order valence-corrected chi connectivity index (χ0v) is 12.2. The smallest absolute Gasteiger partial charge is 0.319 e. The molecule has 0 fully saturated rings. The molecule has 0 aromatic heterocycles. The highest BCUT2D eigenvalue weighted by atomic mass is 16.5. The van der Waals surface area contributed by atoms with Gasteiger partial charge in [-0.15, -0.1) is 0 Å². The summed E-state index contributed by atoms with van der Waals surface area (Å²) in [4.78, 5) is 24.6. The Morgan fingerprint density at radius 2 is 1.95 bits per heavy atom. The lowest BCUT2D eigenvalue weighted by Crippen LogP contribution is -2.34. The zero-order chi connectivity index (χ0) is 15.1. The molecule has 0 atom stereocenters. The van der Waals surface area contributed by atoms with E-state index in [0.29, 0.717) is 11.4 Å². The number of hydrogen-bond acceptors (Lipinski definition) is 5. The van der Waals surface area contributed by atoms with Gasteiger partial charge in [-0.1, -0.05) is 6.07 Å². The maximum Gasteiger partial charge on any atom is 0.319 e. The Morgan fingerprint density at radius 3 is 2.55 bits per heavy atom. The van der Waals surface area contributed by atoms with Crippen LogP contribution in [-0.4, -0.2) is 51.1 Å². The second kappa shape index (κ2) is 7.49. The third-order valence-electron chi connectivity index (χ3n) is 2.67. The Balaban J connectivity index is 2.62. The van der Waals surface area contributed by atoms with Crippen molar-refractivity contribution in [3.05, 3.63) is 23.8 Å². The van der Waals surface area contributed by atoms with E-state index in [1.165, 1.54) is 7.11 Å². The van der Waals surface area contributed by atoms with Crippen LogP contribution < -0.4 is 10.1 Å². The number of benzene rings is 1. The van der Waals surface area contributed by atoms with Gasteiger partial charge in [0.25, 0.3) is 0 Å². The van der Waals surface area contributed by atoms with Crippen LogP contribution in [0.5, 0.6) is 5.75 Å². The molecule has 1 amide bonds. The fraction of sp³-hybridized carbons (Fsp3) is 0.429. The molecule has 1 aromatic carbocycles. The summed E-state index contributed by atoms with van der Waals surface area (Å²) in [5.41, 5.74) is 1.63. The number of hydrogen-bond donors (Lipinski definition) is 1. The second-order valence-corrected chi connectivity index (χ2v) is 4.50. The molecule has 0 saturated carbocycles. The van der Waals surface area contributed by atoms with Crippen LogP contribution in [0, 0.1) is 6.92 Å². The number of esters is 1. The predicted molar refractivity (Wildman–Crippen MR) is 75.9 cm³/mol. The number of rotatable bonds is 6. The van der Waals surface area contributed by atoms with Crippen molar-refractivity contribution >= 4 is 17.6 Å². The summed E-state index contributed by atoms with van der Waals surface area (Å²) in [5, 5.41) is 2.77. The second-order valence-electron chi connectivity index (χ2n) is 4.50. The number of anilines is 1. The maximum atomic E-state index is 11.9. The molecule has 1 aromatic rings. The van der Waals surface area contributed by atoms with E-state index in [9.17, 15) is 9.59 Å². The van der Waals surface area contributed by atoms with Gasteiger partial charge < -0.3 is 14.8 Å². The van der Waals surface area contributed by atoms with Crippen LogP contribution in [0.2, 0.25) is 0 Å². The fourth-order valence-electron chi connectivity index (χ4n) is 1.70. The molecule has 0 spiro atoms. The molecule has 0 bridgehead atoms. The minimum Gasteiger partial charge on any atom is -0.495 e. The van der Waals surface area contributed by atoms with Gasteiger partial charge in [-0.25, -0.2) is 0 Å². The first-order valence-corrected chi connectivity index (χ1v) is 6.16. The topological polar surface area (TPSA) is 67.9 Å². The third kappa shape index (κ3) is 4.89. The largest absolute Gasteiger partial charge is 0.495 e. The highest BCUT2D eigenvalue weighted by Gasteiger charge is 2.12. The minimum atomic E-state index is -0.381. The van der Waals surface area contributed by atoms with E-state index in [1.54, 1.807) is 25.1 Å². The van der Waals surface area contributed by atoms with E-state index in [4.69, 9.17) is 4.74 Å². The number of methoxy groups -OCH3 is 2. The van der Waals surface area contributed by atoms with E-state index in [2.05, 4.69) is 10.1 Å². The van der Waals surface area contributed by atoms with Crippen LogP contribution in [0.15, 0.2) is 18.2 Å². The normalized spacial score (nSPS) is 10.2. The van der Waals surface area contributed by atoms with E-state index in [0.717, 1.165) is 5.56 Å². The lowest BCUT2D eigenvalue weighted by atomic mass is 10.2. The molecule has 0 heterocycles. The van der Waals surface area contributed by atoms with Gasteiger partial charge in [0.1, 0.15) is 5.75 Å². The van der Waals surface area contributed by atoms with Gasteiger partial charge >= 0.3 is 5.97 Å². The summed E-state index contributed by atoms with van der Waals surface area (Å²) < 4.78 is 9.73. The number of carbonyl (C=O) groups excluding carboxylic acids is 2. The molecule has 0 radical (unpaired) electrons. The van der Waals surface area contributed by atoms with Crippen molar-refractivity contribution in [3.8, 4) is 5.75 Å². The number of nitrogens with one attached hydrogen (secondary N) is 1. The Kier molecular flexibility index (Phi) is 5.99. The molecule has 0 aliphatic carbocycles. The molecule has 6 heteroatoms. The van der Waals surface area contributed by atoms with E-state index in [1.807, 2.05) is 19.1 Å². The summed E-state index contributed by atoms with van der Waals surface area (Å²) in [6, 6.07) is 5.53. The summed E-state index contributed by atoms with van der Waals surface area (Å²) in [5.74, 6) is -0.00619. The quantitative estimate of drug-likeness (QED) is 0.789. The molecule has 0 saturated heterocycles. The van der Waals surface area contributed by atoms with Crippen molar-refractivity contribution in [2.24, 2.45) is 0 Å². The average Bonchev–Trinajstić information content (AvgIpc) is 2.38. The molecule has 1 N–H and O–H groups in total. The molecule has 0 unspecified atom stereocenters. The highest BCUT2D eigenvalue weighted by Crippen LogP contribution is 2.24. The minimum absolute atomic E-state index is 0.0644. The van der Waals surface area contributed by atoms with Gasteiger partial charge in [0.2, 0.25) is 5.91 Å². The van der Waals surface area contributed by atoms with Gasteiger partial charge in [-0.05, 0) is 31.7 Å². The first-order valence-electron chi connectivity index (χ1n) is 6.16. The summed E-state index contributed by atoms with van der Waals surface area (Å²) >= 11 is 0. The third-order valence-corrected chi connectivity index (χ3v) is 2.67. The fourth-order valence-corrected chi connectivity index (χ4v) is 1.70. The van der Waals surface area contributed by atoms with E-state index < -0.39 is 0 Å². The monoisotopic (exact) mass is 280 g/mol. The molecule has 0 aliphatic heterocycles. The SMILES string of the molecule is COC(=O)CN(C)CC(=O)Nc1cc(C)ccc1OC. The van der Waals surface area contributed by atoms with Crippen LogP contribution in [-0.2, 0) is 14.3 Å². The number of aryl methyl sites for hydroxylation is 1. The molecular formula is C14H20N2O4. The first kappa shape index (κ1) is 16.0. The van der Waals surface area contributed by atoms with E-state index >= 15 is 0 Å². The number of nitrogens with zero attached hydrogens (tertiary/aromatic N) is 1. The van der Waals surface area contributed by atoms with Crippen molar-refractivity contribution < 1.29 is 19.1 Å². The van der Waals surface area contributed by atoms with Gasteiger partial charge in [-0.3, -0.25) is 14.5 Å². The Labute approximate surface area is 118 Å². The molecule has 110 valence electrons. The van der Waals surface area contributed by atoms with Gasteiger partial charge in [0, 0.05) is 0 Å². The average molecular weight is 280 g/mol. The lowest BCUT2D eigenvalue weighted by Gasteiger charge is -2.16. The number of amides is 1. The Morgan fingerprint density at radius 1 is 1.25 bits per heavy atom. The van der Waals surface area contributed by atoms with Crippen LogP contribution >= 0.6 is 0 Å². The van der Waals surface area contributed by atoms with Crippen molar-refractivity contribution in [3.63, 3.8) is 0 Å². The van der Waals surface area contributed by atoms with Crippen molar-refractivity contribution in [1.29, 1.82) is 0 Å². The van der Waals surface area contributed by atoms with Gasteiger partial charge in [-0.2, -0.15) is 0 Å². The predicted octanol–water partition coefficient (Wildman–Crippen LogP) is 1.05. The van der Waals surface area contributed by atoms with Crippen LogP contribution in [0.4, 0.5) is 5.69 Å². The summed E-state index contributed by atoms with van der Waals surface area (Å²) in [7, 11) is 4.53. The van der Waals surface area contributed by atoms with Crippen molar-refractivity contribution in [2.45, 2.75) is 6.92 Å². The molecule has 20 heavy (non-hydrogen) atoms. The summed E-state index contributed by atoms with van der Waals surface area (Å²) in [6.45, 7) is 2.08. The molecule has 1 rings (SSSR count). The Hall–Kier alpha value is -2.08. The van der Waals surface area contributed by atoms with Crippen LogP contribution in [0.1, 0.15) is 5.56 Å². The number of carbonyl (C=O) groups is 2. The van der Waals surface area contributed by atoms with Crippen molar-refractivity contribution in [2.75, 3.05) is 39.7 Å². The van der Waals surface area contributed by atoms with Crippen molar-refractivity contribution in [1.82, 2.24) is 4.90 Å². The number of ether oxygens (including phenoxy) is 2. The lowest BCUT2D eigenvalue weighted by molar-refractivity contribution is -0.141. The van der Waals surface area contributed by atoms with Gasteiger partial charge in [0.15, 0.2) is 0 Å². The maximum absolute atomic E-state index is 11.9. The molecule has 0 aliphatic rings. The number of likely N-dealkylation sites (N-methyl/N-ethyl adjacent to an activating group) is 1. The standard InChI is InChI=1S/C14H20N2O4/c1-10-5-6-12(19-3)11(7-10)15-13(17)8-16(2)9-14(18)20-4/h5-7H,8-9H2,1-4H3,(H,15,17). The first-order chi connectivity index (χ1) is 9.46. The van der Waals surface area contributed by atoms with Gasteiger partial charge in [0.05, 0.1) is 33.0 Å². The van der Waals surface area contributed by atoms with E-state index in [-0.39, 0.29) is 25.0 Å². The Bertz CT molecular complexity index is 488.